The molecule has 1 unspecified atom stereocenters. The fraction of sp³-hybridized carbons (Fsp3) is 0.500. The van der Waals surface area contributed by atoms with Crippen LogP contribution in [0, 0.1) is 18.3 Å². The Hall–Kier alpha value is -2.37. The molecule has 1 aliphatic rings. The molecule has 0 radical (unpaired) electrons. The highest BCUT2D eigenvalue weighted by Gasteiger charge is 2.32. The van der Waals surface area contributed by atoms with E-state index in [-0.39, 0.29) is 42.5 Å². The number of para-hydroxylation sites is 1. The monoisotopic (exact) mass is 405 g/mol. The molecular weight excluding hydrogens is 378 g/mol. The van der Waals surface area contributed by atoms with Crippen molar-refractivity contribution in [3.05, 3.63) is 29.8 Å². The van der Waals surface area contributed by atoms with Gasteiger partial charge in [-0.1, -0.05) is 31.9 Å². The molecule has 2 amide bonds. The fourth-order valence-corrected chi connectivity index (χ4v) is 4.81. The van der Waals surface area contributed by atoms with E-state index < -0.39 is 9.84 Å². The summed E-state index contributed by atoms with van der Waals surface area (Å²) < 4.78 is 23.5. The molecule has 0 spiro atoms. The molecule has 8 heteroatoms. The molecule has 1 aromatic carbocycles. The van der Waals surface area contributed by atoms with Gasteiger partial charge in [0.2, 0.25) is 5.91 Å². The summed E-state index contributed by atoms with van der Waals surface area (Å²) in [6.07, 6.45) is 5.85. The molecule has 2 N–H and O–H groups in total. The number of terminal acetylenes is 1. The number of anilines is 1. The van der Waals surface area contributed by atoms with Gasteiger partial charge in [-0.25, -0.2) is 8.42 Å². The third-order valence-electron chi connectivity index (χ3n) is 4.48. The second-order valence-corrected chi connectivity index (χ2v) is 9.59. The summed E-state index contributed by atoms with van der Waals surface area (Å²) in [4.78, 5) is 26.6. The number of carbonyl (C=O) groups is 2. The van der Waals surface area contributed by atoms with Crippen molar-refractivity contribution in [3.63, 3.8) is 0 Å². The first-order valence-electron chi connectivity index (χ1n) is 9.27. The smallest absolute Gasteiger partial charge is 0.253 e. The van der Waals surface area contributed by atoms with Gasteiger partial charge in [-0.15, -0.1) is 6.42 Å². The lowest BCUT2D eigenvalue weighted by molar-refractivity contribution is -0.117. The number of nitrogens with zero attached hydrogens (tertiary/aromatic N) is 1. The van der Waals surface area contributed by atoms with Crippen LogP contribution in [0.15, 0.2) is 24.3 Å². The molecule has 1 atom stereocenters. The van der Waals surface area contributed by atoms with E-state index in [0.29, 0.717) is 30.1 Å². The summed E-state index contributed by atoms with van der Waals surface area (Å²) in [5, 5.41) is 5.59. The standard InChI is InChI=1S/C20H27N3O4S/c1-4-10-23(16-9-11-28(26,27)14-16)13-19(24)22-18-8-6-5-7-17(18)20(25)21-12-15(2)3/h1,5-8,15-16H,9-14H2,2-3H3,(H,21,25)(H,22,24). The number of nitrogens with one attached hydrogen (secondary N) is 2. The number of sulfone groups is 1. The molecule has 1 heterocycles. The van der Waals surface area contributed by atoms with Crippen LogP contribution in [0.3, 0.4) is 0 Å². The Balaban J connectivity index is 2.05. The number of rotatable bonds is 8. The highest BCUT2D eigenvalue weighted by molar-refractivity contribution is 7.91. The zero-order valence-corrected chi connectivity index (χ0v) is 17.1. The number of hydrogen-bond acceptors (Lipinski definition) is 5. The van der Waals surface area contributed by atoms with Crippen LogP contribution in [0.25, 0.3) is 0 Å². The molecule has 152 valence electrons. The van der Waals surface area contributed by atoms with Crippen LogP contribution in [0.5, 0.6) is 0 Å². The van der Waals surface area contributed by atoms with Crippen LogP contribution in [-0.2, 0) is 14.6 Å². The van der Waals surface area contributed by atoms with E-state index in [0.717, 1.165) is 0 Å². The maximum Gasteiger partial charge on any atom is 0.253 e. The van der Waals surface area contributed by atoms with Crippen molar-refractivity contribution in [1.29, 1.82) is 0 Å². The van der Waals surface area contributed by atoms with Crippen molar-refractivity contribution >= 4 is 27.3 Å². The topological polar surface area (TPSA) is 95.6 Å². The fourth-order valence-electron chi connectivity index (χ4n) is 3.05. The molecule has 1 aliphatic heterocycles. The summed E-state index contributed by atoms with van der Waals surface area (Å²) in [6.45, 7) is 4.68. The molecule has 7 nitrogen and oxygen atoms in total. The van der Waals surface area contributed by atoms with E-state index in [1.54, 1.807) is 29.2 Å². The number of amides is 2. The predicted octanol–water partition coefficient (Wildman–Crippen LogP) is 1.13. The molecule has 1 aromatic rings. The van der Waals surface area contributed by atoms with Gasteiger partial charge in [-0.3, -0.25) is 14.5 Å². The van der Waals surface area contributed by atoms with E-state index >= 15 is 0 Å². The SMILES string of the molecule is C#CCN(CC(=O)Nc1ccccc1C(=O)NCC(C)C)C1CCS(=O)(=O)C1. The van der Waals surface area contributed by atoms with Gasteiger partial charge in [0.1, 0.15) is 0 Å². The molecule has 0 saturated carbocycles. The van der Waals surface area contributed by atoms with Crippen LogP contribution in [0.1, 0.15) is 30.6 Å². The van der Waals surface area contributed by atoms with Gasteiger partial charge in [0.15, 0.2) is 9.84 Å². The normalized spacial score (nSPS) is 18.0. The largest absolute Gasteiger partial charge is 0.352 e. The summed E-state index contributed by atoms with van der Waals surface area (Å²) in [5.41, 5.74) is 0.789. The average Bonchev–Trinajstić information content (AvgIpc) is 2.99. The van der Waals surface area contributed by atoms with Crippen LogP contribution < -0.4 is 10.6 Å². The van der Waals surface area contributed by atoms with Crippen molar-refractivity contribution in [2.45, 2.75) is 26.3 Å². The van der Waals surface area contributed by atoms with E-state index in [4.69, 9.17) is 6.42 Å². The van der Waals surface area contributed by atoms with Gasteiger partial charge in [-0.05, 0) is 24.5 Å². The Kier molecular flexibility index (Phi) is 7.61. The minimum absolute atomic E-state index is 0.0101. The molecule has 0 aliphatic carbocycles. The second kappa shape index (κ2) is 9.71. The first-order chi connectivity index (χ1) is 13.2. The van der Waals surface area contributed by atoms with Gasteiger partial charge >= 0.3 is 0 Å². The Labute approximate surface area is 166 Å². The summed E-state index contributed by atoms with van der Waals surface area (Å²) in [6, 6.07) is 6.50. The minimum atomic E-state index is -3.08. The van der Waals surface area contributed by atoms with E-state index in [9.17, 15) is 18.0 Å². The third kappa shape index (κ3) is 6.36. The van der Waals surface area contributed by atoms with Crippen LogP contribution in [0.4, 0.5) is 5.69 Å². The quantitative estimate of drug-likeness (QED) is 0.632. The molecule has 0 aromatic heterocycles. The zero-order chi connectivity index (χ0) is 20.7. The predicted molar refractivity (Wildman–Crippen MR) is 110 cm³/mol. The van der Waals surface area contributed by atoms with Gasteiger partial charge in [0.25, 0.3) is 5.91 Å². The number of benzene rings is 1. The first kappa shape index (κ1) is 21.9. The van der Waals surface area contributed by atoms with Crippen LogP contribution in [-0.4, -0.2) is 62.3 Å². The maximum atomic E-state index is 12.6. The lowest BCUT2D eigenvalue weighted by Crippen LogP contribution is -2.42. The van der Waals surface area contributed by atoms with Crippen molar-refractivity contribution in [3.8, 4) is 12.3 Å². The summed E-state index contributed by atoms with van der Waals surface area (Å²) >= 11 is 0. The van der Waals surface area contributed by atoms with Gasteiger partial charge < -0.3 is 10.6 Å². The molecule has 2 rings (SSSR count). The lowest BCUT2D eigenvalue weighted by Gasteiger charge is -2.25. The Morgan fingerprint density at radius 2 is 2.04 bits per heavy atom. The molecule has 1 saturated heterocycles. The Morgan fingerprint density at radius 1 is 1.32 bits per heavy atom. The molecule has 0 bridgehead atoms. The van der Waals surface area contributed by atoms with Gasteiger partial charge in [0.05, 0.1) is 35.8 Å². The second-order valence-electron chi connectivity index (χ2n) is 7.36. The maximum absolute atomic E-state index is 12.6. The number of hydrogen-bond donors (Lipinski definition) is 2. The zero-order valence-electron chi connectivity index (χ0n) is 16.3. The van der Waals surface area contributed by atoms with Crippen molar-refractivity contribution in [2.75, 3.05) is 36.5 Å². The van der Waals surface area contributed by atoms with Crippen molar-refractivity contribution in [2.24, 2.45) is 5.92 Å². The minimum Gasteiger partial charge on any atom is -0.352 e. The molecular formula is C20H27N3O4S. The average molecular weight is 406 g/mol. The summed E-state index contributed by atoms with van der Waals surface area (Å²) in [7, 11) is -3.08. The molecule has 28 heavy (non-hydrogen) atoms. The Morgan fingerprint density at radius 3 is 2.64 bits per heavy atom. The first-order valence-corrected chi connectivity index (χ1v) is 11.1. The van der Waals surface area contributed by atoms with Crippen molar-refractivity contribution in [1.82, 2.24) is 10.2 Å². The van der Waals surface area contributed by atoms with Gasteiger partial charge in [-0.2, -0.15) is 0 Å². The Bertz CT molecular complexity index is 858. The number of carbonyl (C=O) groups excluding carboxylic acids is 2. The van der Waals surface area contributed by atoms with Crippen LogP contribution in [0.2, 0.25) is 0 Å². The van der Waals surface area contributed by atoms with Crippen LogP contribution >= 0.6 is 0 Å². The highest BCUT2D eigenvalue weighted by atomic mass is 32.2. The van der Waals surface area contributed by atoms with E-state index in [1.807, 2.05) is 13.8 Å². The third-order valence-corrected chi connectivity index (χ3v) is 6.23. The highest BCUT2D eigenvalue weighted by Crippen LogP contribution is 2.19. The molecule has 1 fully saturated rings. The van der Waals surface area contributed by atoms with Crippen molar-refractivity contribution < 1.29 is 18.0 Å². The van der Waals surface area contributed by atoms with E-state index in [1.165, 1.54) is 0 Å². The lowest BCUT2D eigenvalue weighted by atomic mass is 10.1. The van der Waals surface area contributed by atoms with E-state index in [2.05, 4.69) is 16.6 Å². The van der Waals surface area contributed by atoms with Gasteiger partial charge in [0, 0.05) is 12.6 Å². The summed E-state index contributed by atoms with van der Waals surface area (Å²) in [5.74, 6) is 2.32.